The highest BCUT2D eigenvalue weighted by Crippen LogP contribution is 2.30. The number of ether oxygens (including phenoxy) is 3. The zero-order valence-electron chi connectivity index (χ0n) is 16.9. The summed E-state index contributed by atoms with van der Waals surface area (Å²) in [6.45, 7) is 5.15. The molecule has 0 radical (unpaired) electrons. The lowest BCUT2D eigenvalue weighted by molar-refractivity contribution is 0.108. The number of rotatable bonds is 7. The van der Waals surface area contributed by atoms with E-state index in [0.717, 1.165) is 12.8 Å². The van der Waals surface area contributed by atoms with Crippen LogP contribution in [0.2, 0.25) is 0 Å². The van der Waals surface area contributed by atoms with Crippen molar-refractivity contribution in [3.05, 3.63) is 54.1 Å². The number of hydrogen-bond acceptors (Lipinski definition) is 6. The molecule has 1 N–H and O–H groups in total. The second-order valence-electron chi connectivity index (χ2n) is 7.02. The largest absolute Gasteiger partial charge is 0.507 e. The third kappa shape index (κ3) is 4.74. The number of amides is 1. The van der Waals surface area contributed by atoms with E-state index in [0.29, 0.717) is 48.8 Å². The average Bonchev–Trinajstić information content (AvgIpc) is 2.77. The predicted molar refractivity (Wildman–Crippen MR) is 112 cm³/mol. The van der Waals surface area contributed by atoms with Crippen molar-refractivity contribution in [2.45, 2.75) is 12.8 Å². The fraction of sp³-hybridized carbons (Fsp3) is 0.304. The summed E-state index contributed by atoms with van der Waals surface area (Å²) in [4.78, 5) is 25.5. The molecule has 1 unspecified atom stereocenters. The van der Waals surface area contributed by atoms with E-state index < -0.39 is 6.09 Å². The van der Waals surface area contributed by atoms with Crippen LogP contribution in [0, 0.1) is 5.92 Å². The van der Waals surface area contributed by atoms with E-state index in [1.54, 1.807) is 48.4 Å². The molecule has 0 spiro atoms. The second kappa shape index (κ2) is 9.82. The first-order valence-electron chi connectivity index (χ1n) is 9.73. The van der Waals surface area contributed by atoms with E-state index in [-0.39, 0.29) is 17.2 Å². The highest BCUT2D eigenvalue weighted by atomic mass is 16.6. The Bertz CT molecular complexity index is 926. The number of phenols is 1. The van der Waals surface area contributed by atoms with Crippen LogP contribution in [0.1, 0.15) is 28.8 Å². The lowest BCUT2D eigenvalue weighted by Gasteiger charge is -2.32. The minimum atomic E-state index is -0.443. The Morgan fingerprint density at radius 1 is 1.20 bits per heavy atom. The van der Waals surface area contributed by atoms with E-state index in [4.69, 9.17) is 14.2 Å². The summed E-state index contributed by atoms with van der Waals surface area (Å²) in [6, 6.07) is 9.92. The molecule has 7 heteroatoms. The third-order valence-electron chi connectivity index (χ3n) is 5.06. The molecular weight excluding hydrogens is 386 g/mol. The molecule has 30 heavy (non-hydrogen) atoms. The summed E-state index contributed by atoms with van der Waals surface area (Å²) in [5, 5.41) is 9.77. The first-order valence-corrected chi connectivity index (χ1v) is 9.73. The molecule has 158 valence electrons. The van der Waals surface area contributed by atoms with Crippen molar-refractivity contribution in [1.82, 2.24) is 4.90 Å². The molecule has 1 heterocycles. The fourth-order valence-corrected chi connectivity index (χ4v) is 3.50. The predicted octanol–water partition coefficient (Wildman–Crippen LogP) is 4.15. The molecule has 1 aliphatic rings. The summed E-state index contributed by atoms with van der Waals surface area (Å²) >= 11 is 0. The second-order valence-corrected chi connectivity index (χ2v) is 7.02. The van der Waals surface area contributed by atoms with Crippen LogP contribution in [0.4, 0.5) is 4.79 Å². The van der Waals surface area contributed by atoms with E-state index in [1.807, 2.05) is 0 Å². The molecule has 1 atom stereocenters. The number of carbonyl (C=O) groups is 2. The van der Waals surface area contributed by atoms with Crippen molar-refractivity contribution in [3.8, 4) is 23.0 Å². The van der Waals surface area contributed by atoms with Crippen LogP contribution in [0.3, 0.4) is 0 Å². The van der Waals surface area contributed by atoms with Gasteiger partial charge in [-0.1, -0.05) is 24.8 Å². The number of hydrogen-bond donors (Lipinski definition) is 1. The van der Waals surface area contributed by atoms with Gasteiger partial charge < -0.3 is 24.2 Å². The standard InChI is InChI=1S/C23H25NO6/c1-3-17-20(28-2)9-5-11-22(17)30-23(27)24-12-6-7-16(13-24)15-29-21-10-4-8-19(26)18(21)14-25/h3-5,8-11,14,16,26H,1,6-7,12-13,15H2,2H3. The molecular formula is C23H25NO6. The molecule has 7 nitrogen and oxygen atoms in total. The van der Waals surface area contributed by atoms with Crippen LogP contribution in [0.5, 0.6) is 23.0 Å². The van der Waals surface area contributed by atoms with Crippen molar-refractivity contribution in [3.63, 3.8) is 0 Å². The van der Waals surface area contributed by atoms with Gasteiger partial charge in [0.05, 0.1) is 24.8 Å². The minimum absolute atomic E-state index is 0.0809. The van der Waals surface area contributed by atoms with Crippen molar-refractivity contribution >= 4 is 18.5 Å². The van der Waals surface area contributed by atoms with Gasteiger partial charge in [-0.25, -0.2) is 4.79 Å². The number of piperidine rings is 1. The minimum Gasteiger partial charge on any atom is -0.507 e. The molecule has 2 aromatic rings. The molecule has 2 aromatic carbocycles. The van der Waals surface area contributed by atoms with Crippen LogP contribution in [-0.2, 0) is 0 Å². The van der Waals surface area contributed by atoms with Gasteiger partial charge in [0, 0.05) is 19.0 Å². The number of aldehydes is 1. The van der Waals surface area contributed by atoms with E-state index in [9.17, 15) is 14.7 Å². The quantitative estimate of drug-likeness (QED) is 0.689. The number of phenolic OH excluding ortho intramolecular Hbond substituents is 1. The number of benzene rings is 2. The van der Waals surface area contributed by atoms with Gasteiger partial charge in [0.1, 0.15) is 23.0 Å². The third-order valence-corrected chi connectivity index (χ3v) is 5.06. The SMILES string of the molecule is C=Cc1c(OC)cccc1OC(=O)N1CCCC(COc2cccc(O)c2C=O)C1. The van der Waals surface area contributed by atoms with Crippen molar-refractivity contribution in [2.24, 2.45) is 5.92 Å². The van der Waals surface area contributed by atoms with Gasteiger partial charge in [0.2, 0.25) is 0 Å². The number of nitrogens with zero attached hydrogens (tertiary/aromatic N) is 1. The van der Waals surface area contributed by atoms with Crippen molar-refractivity contribution in [2.75, 3.05) is 26.8 Å². The molecule has 0 aliphatic carbocycles. The van der Waals surface area contributed by atoms with Crippen LogP contribution in [-0.4, -0.2) is 49.2 Å². The lowest BCUT2D eigenvalue weighted by Crippen LogP contribution is -2.43. The summed E-state index contributed by atoms with van der Waals surface area (Å²) in [7, 11) is 1.55. The summed E-state index contributed by atoms with van der Waals surface area (Å²) < 4.78 is 16.6. The van der Waals surface area contributed by atoms with Gasteiger partial charge in [-0.3, -0.25) is 4.79 Å². The average molecular weight is 411 g/mol. The number of likely N-dealkylation sites (tertiary alicyclic amines) is 1. The van der Waals surface area contributed by atoms with Crippen LogP contribution >= 0.6 is 0 Å². The topological polar surface area (TPSA) is 85.3 Å². The molecule has 1 fully saturated rings. The summed E-state index contributed by atoms with van der Waals surface area (Å²) in [6.07, 6.45) is 3.42. The zero-order chi connectivity index (χ0) is 21.5. The maximum atomic E-state index is 12.7. The molecule has 1 aliphatic heterocycles. The molecule has 3 rings (SSSR count). The highest BCUT2D eigenvalue weighted by molar-refractivity contribution is 5.83. The van der Waals surface area contributed by atoms with Gasteiger partial charge >= 0.3 is 6.09 Å². The Morgan fingerprint density at radius 2 is 1.93 bits per heavy atom. The smallest absolute Gasteiger partial charge is 0.415 e. The Morgan fingerprint density at radius 3 is 2.67 bits per heavy atom. The maximum absolute atomic E-state index is 12.7. The first-order chi connectivity index (χ1) is 14.6. The Kier molecular flexibility index (Phi) is 6.95. The van der Waals surface area contributed by atoms with Gasteiger partial charge in [0.15, 0.2) is 6.29 Å². The molecule has 0 bridgehead atoms. The molecule has 1 saturated heterocycles. The molecule has 0 aromatic heterocycles. The van der Waals surface area contributed by atoms with Crippen molar-refractivity contribution in [1.29, 1.82) is 0 Å². The number of methoxy groups -OCH3 is 1. The molecule has 1 amide bonds. The zero-order valence-corrected chi connectivity index (χ0v) is 16.9. The summed E-state index contributed by atoms with van der Waals surface area (Å²) in [5.41, 5.74) is 0.745. The van der Waals surface area contributed by atoms with E-state index in [2.05, 4.69) is 6.58 Å². The van der Waals surface area contributed by atoms with Gasteiger partial charge in [-0.15, -0.1) is 0 Å². The first kappa shape index (κ1) is 21.2. The van der Waals surface area contributed by atoms with E-state index >= 15 is 0 Å². The van der Waals surface area contributed by atoms with E-state index in [1.165, 1.54) is 6.07 Å². The van der Waals surface area contributed by atoms with Gasteiger partial charge in [-0.2, -0.15) is 0 Å². The van der Waals surface area contributed by atoms with Gasteiger partial charge in [0.25, 0.3) is 0 Å². The number of aromatic hydroxyl groups is 1. The van der Waals surface area contributed by atoms with Crippen LogP contribution in [0.25, 0.3) is 6.08 Å². The lowest BCUT2D eigenvalue weighted by atomic mass is 9.99. The van der Waals surface area contributed by atoms with Crippen LogP contribution in [0.15, 0.2) is 43.0 Å². The van der Waals surface area contributed by atoms with Crippen LogP contribution < -0.4 is 14.2 Å². The highest BCUT2D eigenvalue weighted by Gasteiger charge is 2.26. The maximum Gasteiger partial charge on any atom is 0.415 e. The normalized spacial score (nSPS) is 15.9. The Hall–Kier alpha value is -3.48. The van der Waals surface area contributed by atoms with Crippen molar-refractivity contribution < 1.29 is 28.9 Å². The Balaban J connectivity index is 1.62. The Labute approximate surface area is 175 Å². The van der Waals surface area contributed by atoms with Gasteiger partial charge in [-0.05, 0) is 37.1 Å². The fourth-order valence-electron chi connectivity index (χ4n) is 3.50. The molecule has 0 saturated carbocycles. The summed E-state index contributed by atoms with van der Waals surface area (Å²) in [5.74, 6) is 1.27. The monoisotopic (exact) mass is 411 g/mol. The number of carbonyl (C=O) groups excluding carboxylic acids is 2.